The van der Waals surface area contributed by atoms with Crippen molar-refractivity contribution in [3.63, 3.8) is 0 Å². The monoisotopic (exact) mass is 218 g/mol. The van der Waals surface area contributed by atoms with Crippen LogP contribution in [0.3, 0.4) is 0 Å². The lowest BCUT2D eigenvalue weighted by molar-refractivity contribution is 0.608. The van der Waals surface area contributed by atoms with E-state index in [9.17, 15) is 0 Å². The van der Waals surface area contributed by atoms with Crippen molar-refractivity contribution in [3.05, 3.63) is 29.3 Å². The summed E-state index contributed by atoms with van der Waals surface area (Å²) in [4.78, 5) is 2.40. The van der Waals surface area contributed by atoms with Gasteiger partial charge < -0.3 is 10.2 Å². The lowest BCUT2D eigenvalue weighted by Gasteiger charge is -2.19. The second-order valence-corrected chi connectivity index (χ2v) is 5.03. The van der Waals surface area contributed by atoms with Crippen molar-refractivity contribution < 1.29 is 0 Å². The highest BCUT2D eigenvalue weighted by atomic mass is 15.1. The molecule has 1 aliphatic heterocycles. The lowest BCUT2D eigenvalue weighted by Crippen LogP contribution is -2.24. The summed E-state index contributed by atoms with van der Waals surface area (Å²) in [6.07, 6.45) is 1.11. The van der Waals surface area contributed by atoms with Crippen LogP contribution in [0.5, 0.6) is 0 Å². The van der Waals surface area contributed by atoms with E-state index in [1.165, 1.54) is 16.8 Å². The van der Waals surface area contributed by atoms with Gasteiger partial charge in [-0.3, -0.25) is 0 Å². The van der Waals surface area contributed by atoms with Gasteiger partial charge in [0.05, 0.1) is 0 Å². The first-order chi connectivity index (χ1) is 7.63. The predicted molar refractivity (Wildman–Crippen MR) is 70.4 cm³/mol. The summed E-state index contributed by atoms with van der Waals surface area (Å²) in [5.41, 5.74) is 4.46. The van der Waals surface area contributed by atoms with Gasteiger partial charge in [0.25, 0.3) is 0 Å². The fourth-order valence-corrected chi connectivity index (χ4v) is 2.67. The SMILES string of the molecule is CNC(C)Cc1cccc2c1N(C)CC2C. The normalized spacial score (nSPS) is 21.0. The third-order valence-electron chi connectivity index (χ3n) is 3.63. The van der Waals surface area contributed by atoms with E-state index >= 15 is 0 Å². The molecule has 1 aromatic rings. The number of para-hydroxylation sites is 1. The zero-order valence-corrected chi connectivity index (χ0v) is 10.7. The number of anilines is 1. The van der Waals surface area contributed by atoms with Crippen molar-refractivity contribution in [1.82, 2.24) is 5.32 Å². The number of hydrogen-bond donors (Lipinski definition) is 1. The highest BCUT2D eigenvalue weighted by Gasteiger charge is 2.25. The van der Waals surface area contributed by atoms with Crippen LogP contribution >= 0.6 is 0 Å². The Kier molecular flexibility index (Phi) is 3.20. The minimum atomic E-state index is 0.538. The Balaban J connectivity index is 2.33. The van der Waals surface area contributed by atoms with Gasteiger partial charge in [0.1, 0.15) is 0 Å². The largest absolute Gasteiger partial charge is 0.374 e. The van der Waals surface area contributed by atoms with E-state index in [0.29, 0.717) is 12.0 Å². The molecule has 0 fully saturated rings. The number of fused-ring (bicyclic) bond motifs is 1. The molecule has 0 saturated carbocycles. The molecule has 1 heterocycles. The molecule has 2 rings (SSSR count). The summed E-state index contributed by atoms with van der Waals surface area (Å²) in [6, 6.07) is 7.28. The molecule has 0 saturated heterocycles. The topological polar surface area (TPSA) is 15.3 Å². The van der Waals surface area contributed by atoms with Crippen molar-refractivity contribution in [2.75, 3.05) is 25.5 Å². The maximum absolute atomic E-state index is 3.31. The van der Waals surface area contributed by atoms with E-state index in [1.54, 1.807) is 0 Å². The molecule has 2 unspecified atom stereocenters. The molecule has 88 valence electrons. The van der Waals surface area contributed by atoms with Crippen molar-refractivity contribution in [2.45, 2.75) is 32.2 Å². The number of rotatable bonds is 3. The first-order valence-corrected chi connectivity index (χ1v) is 6.13. The van der Waals surface area contributed by atoms with Gasteiger partial charge >= 0.3 is 0 Å². The third kappa shape index (κ3) is 1.94. The fraction of sp³-hybridized carbons (Fsp3) is 0.571. The van der Waals surface area contributed by atoms with Crippen molar-refractivity contribution in [1.29, 1.82) is 0 Å². The molecule has 0 spiro atoms. The zero-order valence-electron chi connectivity index (χ0n) is 10.7. The molecule has 0 radical (unpaired) electrons. The zero-order chi connectivity index (χ0) is 11.7. The van der Waals surface area contributed by atoms with Gasteiger partial charge in [-0.25, -0.2) is 0 Å². The van der Waals surface area contributed by atoms with Crippen LogP contribution in [-0.2, 0) is 6.42 Å². The molecule has 2 nitrogen and oxygen atoms in total. The van der Waals surface area contributed by atoms with E-state index in [2.05, 4.69) is 49.3 Å². The molecule has 1 aromatic carbocycles. The molecule has 0 amide bonds. The maximum Gasteiger partial charge on any atom is 0.0432 e. The molecular weight excluding hydrogens is 196 g/mol. The van der Waals surface area contributed by atoms with Gasteiger partial charge in [-0.2, -0.15) is 0 Å². The first-order valence-electron chi connectivity index (χ1n) is 6.13. The van der Waals surface area contributed by atoms with E-state index in [1.807, 2.05) is 7.05 Å². The third-order valence-corrected chi connectivity index (χ3v) is 3.63. The summed E-state index contributed by atoms with van der Waals surface area (Å²) in [6.45, 7) is 5.70. The quantitative estimate of drug-likeness (QED) is 0.838. The smallest absolute Gasteiger partial charge is 0.0432 e. The van der Waals surface area contributed by atoms with Gasteiger partial charge in [0.15, 0.2) is 0 Å². The van der Waals surface area contributed by atoms with E-state index in [-0.39, 0.29) is 0 Å². The van der Waals surface area contributed by atoms with Gasteiger partial charge in [-0.05, 0) is 31.5 Å². The van der Waals surface area contributed by atoms with Crippen LogP contribution in [-0.4, -0.2) is 26.7 Å². The van der Waals surface area contributed by atoms with Crippen LogP contribution < -0.4 is 10.2 Å². The Morgan fingerprint density at radius 3 is 2.94 bits per heavy atom. The van der Waals surface area contributed by atoms with E-state index in [0.717, 1.165) is 13.0 Å². The molecule has 1 aliphatic rings. The summed E-state index contributed by atoms with van der Waals surface area (Å²) in [5, 5.41) is 3.31. The van der Waals surface area contributed by atoms with Crippen molar-refractivity contribution in [2.24, 2.45) is 0 Å². The standard InChI is InChI=1S/C14H22N2/c1-10-9-16(4)14-12(8-11(2)15-3)6-5-7-13(10)14/h5-7,10-11,15H,8-9H2,1-4H3. The van der Waals surface area contributed by atoms with Crippen LogP contribution in [0.2, 0.25) is 0 Å². The number of benzene rings is 1. The van der Waals surface area contributed by atoms with Crippen LogP contribution in [0.25, 0.3) is 0 Å². The minimum Gasteiger partial charge on any atom is -0.374 e. The molecule has 0 aromatic heterocycles. The Morgan fingerprint density at radius 2 is 2.25 bits per heavy atom. The van der Waals surface area contributed by atoms with Gasteiger partial charge in [-0.15, -0.1) is 0 Å². The van der Waals surface area contributed by atoms with E-state index < -0.39 is 0 Å². The van der Waals surface area contributed by atoms with E-state index in [4.69, 9.17) is 0 Å². The van der Waals surface area contributed by atoms with Crippen LogP contribution in [0.15, 0.2) is 18.2 Å². The highest BCUT2D eigenvalue weighted by molar-refractivity contribution is 5.64. The molecule has 2 atom stereocenters. The average Bonchev–Trinajstić information content (AvgIpc) is 2.56. The number of nitrogens with zero attached hydrogens (tertiary/aromatic N) is 1. The number of nitrogens with one attached hydrogen (secondary N) is 1. The first kappa shape index (κ1) is 11.5. The summed E-state index contributed by atoms with van der Waals surface area (Å²) in [5.74, 6) is 0.671. The summed E-state index contributed by atoms with van der Waals surface area (Å²) in [7, 11) is 4.23. The molecule has 2 heteroatoms. The molecular formula is C14H22N2. The van der Waals surface area contributed by atoms with Crippen molar-refractivity contribution in [3.8, 4) is 0 Å². The van der Waals surface area contributed by atoms with Gasteiger partial charge in [0.2, 0.25) is 0 Å². The molecule has 1 N–H and O–H groups in total. The Morgan fingerprint density at radius 1 is 1.50 bits per heavy atom. The van der Waals surface area contributed by atoms with Crippen molar-refractivity contribution >= 4 is 5.69 Å². The molecule has 0 aliphatic carbocycles. The minimum absolute atomic E-state index is 0.538. The second kappa shape index (κ2) is 4.46. The Labute approximate surface area is 98.7 Å². The Bertz CT molecular complexity index is 373. The lowest BCUT2D eigenvalue weighted by atomic mass is 9.97. The Hall–Kier alpha value is -1.02. The summed E-state index contributed by atoms with van der Waals surface area (Å²) < 4.78 is 0. The molecule has 0 bridgehead atoms. The highest BCUT2D eigenvalue weighted by Crippen LogP contribution is 2.37. The van der Waals surface area contributed by atoms with Crippen LogP contribution in [0.1, 0.15) is 30.9 Å². The second-order valence-electron chi connectivity index (χ2n) is 5.03. The van der Waals surface area contributed by atoms with Crippen LogP contribution in [0, 0.1) is 0 Å². The number of likely N-dealkylation sites (N-methyl/N-ethyl adjacent to an activating group) is 2. The fourth-order valence-electron chi connectivity index (χ4n) is 2.67. The predicted octanol–water partition coefficient (Wildman–Crippen LogP) is 2.39. The van der Waals surface area contributed by atoms with Crippen LogP contribution in [0.4, 0.5) is 5.69 Å². The molecule has 16 heavy (non-hydrogen) atoms. The number of hydrogen-bond acceptors (Lipinski definition) is 2. The van der Waals surface area contributed by atoms with Gasteiger partial charge in [0, 0.05) is 31.2 Å². The summed E-state index contributed by atoms with van der Waals surface area (Å²) >= 11 is 0. The van der Waals surface area contributed by atoms with Gasteiger partial charge in [-0.1, -0.05) is 25.1 Å². The average molecular weight is 218 g/mol. The maximum atomic E-state index is 3.31.